The second kappa shape index (κ2) is 12.7. The fourth-order valence-electron chi connectivity index (χ4n) is 8.81. The second-order valence-corrected chi connectivity index (χ2v) is 16.6. The van der Waals surface area contributed by atoms with Crippen LogP contribution in [0.15, 0.2) is 48.5 Å². The van der Waals surface area contributed by atoms with Crippen LogP contribution in [0.25, 0.3) is 0 Å². The standard InChI is InChI=1S/C40H58N4O2/c1-27(2)31-13-9-11-15-33(31)37-26-42(38(46)29-17-18-29)20-22-44(37)40(7,8)24-30-23-35(30)32-14-10-12-16-34(32)36-25-41(28(3)45)19-21-43(36)39(4,5)6/h9-16,27,29-30,35-37H,17-26H2,1-8H3. The number of nitrogens with zero attached hydrogens (tertiary/aromatic N) is 4. The van der Waals surface area contributed by atoms with Gasteiger partial charge in [-0.2, -0.15) is 0 Å². The van der Waals surface area contributed by atoms with Crippen molar-refractivity contribution in [2.24, 2.45) is 11.8 Å². The molecular formula is C40H58N4O2. The van der Waals surface area contributed by atoms with E-state index < -0.39 is 0 Å². The summed E-state index contributed by atoms with van der Waals surface area (Å²) >= 11 is 0. The fourth-order valence-corrected chi connectivity index (χ4v) is 8.81. The number of carbonyl (C=O) groups is 2. The highest BCUT2D eigenvalue weighted by Gasteiger charge is 2.48. The SMILES string of the molecule is CC(=O)N1CCN(C(C)(C)C)C(c2ccccc2C2CC2CC(C)(C)N2CCN(C(=O)C3CC3)CC2c2ccccc2C(C)C)C1. The van der Waals surface area contributed by atoms with Crippen LogP contribution in [0.3, 0.4) is 0 Å². The van der Waals surface area contributed by atoms with Crippen molar-refractivity contribution in [2.45, 2.75) is 116 Å². The molecule has 2 aromatic carbocycles. The smallest absolute Gasteiger partial charge is 0.225 e. The lowest BCUT2D eigenvalue weighted by Crippen LogP contribution is -2.57. The first kappa shape index (κ1) is 33.2. The minimum absolute atomic E-state index is 0.00838. The van der Waals surface area contributed by atoms with Gasteiger partial charge in [0.15, 0.2) is 0 Å². The van der Waals surface area contributed by atoms with Crippen molar-refractivity contribution in [3.05, 3.63) is 70.8 Å². The van der Waals surface area contributed by atoms with E-state index in [1.54, 1.807) is 6.92 Å². The van der Waals surface area contributed by atoms with Crippen LogP contribution in [-0.2, 0) is 9.59 Å². The minimum Gasteiger partial charge on any atom is -0.340 e. The molecule has 6 rings (SSSR count). The van der Waals surface area contributed by atoms with Gasteiger partial charge in [-0.25, -0.2) is 0 Å². The molecule has 2 aliphatic heterocycles. The largest absolute Gasteiger partial charge is 0.340 e. The molecule has 4 atom stereocenters. The zero-order chi connectivity index (χ0) is 33.0. The third-order valence-corrected chi connectivity index (χ3v) is 11.5. The van der Waals surface area contributed by atoms with E-state index in [1.807, 2.05) is 4.90 Å². The van der Waals surface area contributed by atoms with E-state index in [0.717, 1.165) is 58.5 Å². The maximum Gasteiger partial charge on any atom is 0.225 e. The van der Waals surface area contributed by atoms with E-state index in [2.05, 4.69) is 112 Å². The normalized spacial score (nSPS) is 26.5. The van der Waals surface area contributed by atoms with Crippen LogP contribution in [0, 0.1) is 11.8 Å². The molecule has 4 aliphatic rings. The number of carbonyl (C=O) groups excluding carboxylic acids is 2. The van der Waals surface area contributed by atoms with Crippen LogP contribution in [0.5, 0.6) is 0 Å². The van der Waals surface area contributed by atoms with Gasteiger partial charge in [-0.3, -0.25) is 19.4 Å². The Kier molecular flexibility index (Phi) is 9.19. The van der Waals surface area contributed by atoms with Crippen molar-refractivity contribution in [3.8, 4) is 0 Å². The number of amides is 2. The molecule has 46 heavy (non-hydrogen) atoms. The lowest BCUT2D eigenvalue weighted by Gasteiger charge is -2.50. The Morgan fingerprint density at radius 2 is 1.33 bits per heavy atom. The van der Waals surface area contributed by atoms with Crippen molar-refractivity contribution in [1.82, 2.24) is 19.6 Å². The van der Waals surface area contributed by atoms with Gasteiger partial charge in [-0.15, -0.1) is 0 Å². The van der Waals surface area contributed by atoms with E-state index >= 15 is 0 Å². The number of hydrogen-bond acceptors (Lipinski definition) is 4. The summed E-state index contributed by atoms with van der Waals surface area (Å²) in [6.07, 6.45) is 4.47. The van der Waals surface area contributed by atoms with Crippen molar-refractivity contribution >= 4 is 11.8 Å². The van der Waals surface area contributed by atoms with Crippen molar-refractivity contribution in [1.29, 1.82) is 0 Å². The molecule has 6 nitrogen and oxygen atoms in total. The summed E-state index contributed by atoms with van der Waals surface area (Å²) in [5.74, 6) is 2.41. The van der Waals surface area contributed by atoms with E-state index in [-0.39, 0.29) is 35.0 Å². The maximum absolute atomic E-state index is 13.3. The second-order valence-electron chi connectivity index (χ2n) is 16.6. The molecule has 4 unspecified atom stereocenters. The number of rotatable bonds is 8. The molecule has 0 N–H and O–H groups in total. The highest BCUT2D eigenvalue weighted by Crippen LogP contribution is 2.55. The molecule has 2 saturated heterocycles. The van der Waals surface area contributed by atoms with Crippen molar-refractivity contribution in [3.63, 3.8) is 0 Å². The molecule has 4 fully saturated rings. The topological polar surface area (TPSA) is 47.1 Å². The quantitative estimate of drug-likeness (QED) is 0.307. The molecule has 250 valence electrons. The van der Waals surface area contributed by atoms with Gasteiger partial charge in [0, 0.05) is 63.2 Å². The van der Waals surface area contributed by atoms with E-state index in [1.165, 1.54) is 28.7 Å². The zero-order valence-corrected chi connectivity index (χ0v) is 29.8. The molecule has 0 aromatic heterocycles. The first-order chi connectivity index (χ1) is 21.8. The van der Waals surface area contributed by atoms with Gasteiger partial charge < -0.3 is 9.80 Å². The number of benzene rings is 2. The fraction of sp³-hybridized carbons (Fsp3) is 0.650. The van der Waals surface area contributed by atoms with Gasteiger partial charge in [0.05, 0.1) is 12.1 Å². The molecule has 2 amide bonds. The summed E-state index contributed by atoms with van der Waals surface area (Å²) < 4.78 is 0. The van der Waals surface area contributed by atoms with Gasteiger partial charge in [-0.05, 0) is 100 Å². The highest BCUT2D eigenvalue weighted by molar-refractivity contribution is 5.81. The Morgan fingerprint density at radius 1 is 0.761 bits per heavy atom. The molecule has 6 heteroatoms. The summed E-state index contributed by atoms with van der Waals surface area (Å²) in [5, 5.41) is 0. The Hall–Kier alpha value is -2.70. The molecule has 2 aromatic rings. The van der Waals surface area contributed by atoms with Gasteiger partial charge in [0.25, 0.3) is 0 Å². The minimum atomic E-state index is -0.00838. The Labute approximate surface area is 278 Å². The summed E-state index contributed by atoms with van der Waals surface area (Å²) in [6, 6.07) is 18.5. The molecule has 0 spiro atoms. The Balaban J connectivity index is 1.24. The third-order valence-electron chi connectivity index (χ3n) is 11.5. The zero-order valence-electron chi connectivity index (χ0n) is 29.8. The monoisotopic (exact) mass is 626 g/mol. The predicted octanol–water partition coefficient (Wildman–Crippen LogP) is 7.38. The first-order valence-corrected chi connectivity index (χ1v) is 18.0. The molecular weight excluding hydrogens is 568 g/mol. The van der Waals surface area contributed by atoms with Gasteiger partial charge in [0.1, 0.15) is 0 Å². The summed E-state index contributed by atoms with van der Waals surface area (Å²) in [6.45, 7) is 23.1. The van der Waals surface area contributed by atoms with E-state index in [0.29, 0.717) is 23.7 Å². The first-order valence-electron chi connectivity index (χ1n) is 18.0. The predicted molar refractivity (Wildman–Crippen MR) is 187 cm³/mol. The average molecular weight is 627 g/mol. The van der Waals surface area contributed by atoms with Gasteiger partial charge in [0.2, 0.25) is 11.8 Å². The van der Waals surface area contributed by atoms with Crippen LogP contribution in [0.2, 0.25) is 0 Å². The van der Waals surface area contributed by atoms with Crippen LogP contribution in [-0.4, -0.2) is 81.8 Å². The van der Waals surface area contributed by atoms with E-state index in [9.17, 15) is 9.59 Å². The molecule has 2 heterocycles. The lowest BCUT2D eigenvalue weighted by molar-refractivity contribution is -0.137. The lowest BCUT2D eigenvalue weighted by atomic mass is 9.85. The van der Waals surface area contributed by atoms with Crippen LogP contribution >= 0.6 is 0 Å². The van der Waals surface area contributed by atoms with Crippen molar-refractivity contribution < 1.29 is 9.59 Å². The molecule has 2 aliphatic carbocycles. The van der Waals surface area contributed by atoms with Crippen LogP contribution < -0.4 is 0 Å². The number of hydrogen-bond donors (Lipinski definition) is 0. The molecule has 0 bridgehead atoms. The molecule has 2 saturated carbocycles. The average Bonchev–Trinajstić information content (AvgIpc) is 3.96. The Bertz CT molecular complexity index is 1420. The summed E-state index contributed by atoms with van der Waals surface area (Å²) in [5.41, 5.74) is 5.70. The summed E-state index contributed by atoms with van der Waals surface area (Å²) in [4.78, 5) is 35.4. The number of piperazine rings is 2. The maximum atomic E-state index is 13.3. The van der Waals surface area contributed by atoms with Crippen molar-refractivity contribution in [2.75, 3.05) is 39.3 Å². The Morgan fingerprint density at radius 3 is 1.96 bits per heavy atom. The van der Waals surface area contributed by atoms with Crippen LogP contribution in [0.4, 0.5) is 0 Å². The van der Waals surface area contributed by atoms with Gasteiger partial charge in [-0.1, -0.05) is 62.4 Å². The molecule has 0 radical (unpaired) electrons. The highest BCUT2D eigenvalue weighted by atomic mass is 16.2. The van der Waals surface area contributed by atoms with Crippen LogP contribution in [0.1, 0.15) is 127 Å². The van der Waals surface area contributed by atoms with E-state index in [4.69, 9.17) is 0 Å². The summed E-state index contributed by atoms with van der Waals surface area (Å²) in [7, 11) is 0. The third kappa shape index (κ3) is 6.80. The van der Waals surface area contributed by atoms with Gasteiger partial charge >= 0.3 is 0 Å².